The fourth-order valence-electron chi connectivity index (χ4n) is 1.72. The molecule has 0 aliphatic heterocycles. The quantitative estimate of drug-likeness (QED) is 0.815. The molecule has 18 heavy (non-hydrogen) atoms. The van der Waals surface area contributed by atoms with Crippen LogP contribution in [0.3, 0.4) is 0 Å². The van der Waals surface area contributed by atoms with E-state index in [-0.39, 0.29) is 5.75 Å². The zero-order valence-corrected chi connectivity index (χ0v) is 10.7. The predicted molar refractivity (Wildman–Crippen MR) is 72.8 cm³/mol. The van der Waals surface area contributed by atoms with Crippen LogP contribution >= 0.6 is 11.6 Å². The summed E-state index contributed by atoms with van der Waals surface area (Å²) in [5.74, 6) is 0.235. The third-order valence-electron chi connectivity index (χ3n) is 2.74. The molecule has 0 spiro atoms. The lowest BCUT2D eigenvalue weighted by Crippen LogP contribution is -2.17. The van der Waals surface area contributed by atoms with Crippen molar-refractivity contribution in [2.24, 2.45) is 0 Å². The van der Waals surface area contributed by atoms with Gasteiger partial charge < -0.3 is 10.4 Å². The highest BCUT2D eigenvalue weighted by Crippen LogP contribution is 2.24. The fourth-order valence-corrected chi connectivity index (χ4v) is 1.95. The first kappa shape index (κ1) is 12.9. The van der Waals surface area contributed by atoms with Crippen molar-refractivity contribution in [3.63, 3.8) is 0 Å². The summed E-state index contributed by atoms with van der Waals surface area (Å²) >= 11 is 6.02. The van der Waals surface area contributed by atoms with Crippen molar-refractivity contribution in [2.45, 2.75) is 13.0 Å². The summed E-state index contributed by atoms with van der Waals surface area (Å²) in [6.45, 7) is 1.39. The minimum Gasteiger partial charge on any atom is -0.508 e. The maximum Gasteiger partial charge on any atom is 0.121 e. The van der Waals surface area contributed by atoms with Crippen LogP contribution < -0.4 is 5.32 Å². The lowest BCUT2D eigenvalue weighted by molar-refractivity contribution is 0.464. The lowest BCUT2D eigenvalue weighted by atomic mass is 10.2. The van der Waals surface area contributed by atoms with E-state index < -0.39 is 0 Å². The molecule has 2 rings (SSSR count). The van der Waals surface area contributed by atoms with Crippen molar-refractivity contribution in [3.8, 4) is 5.75 Å². The van der Waals surface area contributed by atoms with Gasteiger partial charge in [-0.05, 0) is 42.8 Å². The van der Waals surface area contributed by atoms with Crippen LogP contribution in [-0.2, 0) is 13.0 Å². The molecule has 0 aliphatic carbocycles. The number of phenolic OH excluding ortho intramolecular Hbond substituents is 1. The number of aromatic hydroxyl groups is 1. The maximum absolute atomic E-state index is 9.68. The first-order chi connectivity index (χ1) is 8.77. The van der Waals surface area contributed by atoms with Gasteiger partial charge in [-0.15, -0.1) is 0 Å². The highest BCUT2D eigenvalue weighted by Gasteiger charge is 2.04. The Balaban J connectivity index is 1.82. The maximum atomic E-state index is 9.68. The van der Waals surface area contributed by atoms with E-state index in [1.165, 1.54) is 5.56 Å². The van der Waals surface area contributed by atoms with Gasteiger partial charge in [-0.1, -0.05) is 17.7 Å². The van der Waals surface area contributed by atoms with Crippen molar-refractivity contribution >= 4 is 11.6 Å². The number of halogens is 1. The van der Waals surface area contributed by atoms with E-state index in [2.05, 4.69) is 10.3 Å². The molecule has 1 aromatic heterocycles. The van der Waals surface area contributed by atoms with Crippen molar-refractivity contribution < 1.29 is 5.11 Å². The van der Waals surface area contributed by atoms with Crippen LogP contribution in [0.5, 0.6) is 5.75 Å². The van der Waals surface area contributed by atoms with Gasteiger partial charge in [0, 0.05) is 29.5 Å². The normalized spacial score (nSPS) is 10.5. The van der Waals surface area contributed by atoms with Crippen molar-refractivity contribution in [1.29, 1.82) is 0 Å². The molecule has 0 radical (unpaired) electrons. The molecule has 2 N–H and O–H groups in total. The number of nitrogens with zero attached hydrogens (tertiary/aromatic N) is 1. The Bertz CT molecular complexity index is 482. The molecular formula is C14H15ClN2O. The standard InChI is InChI=1S/C14H15ClN2O/c15-13-2-1-3-14(18)12(13)10-17-9-6-11-4-7-16-8-5-11/h1-5,7-8,17-18H,6,9-10H2. The Morgan fingerprint density at radius 1 is 1.17 bits per heavy atom. The van der Waals surface area contributed by atoms with E-state index in [4.69, 9.17) is 11.6 Å². The molecule has 0 fully saturated rings. The average molecular weight is 263 g/mol. The Morgan fingerprint density at radius 3 is 2.67 bits per heavy atom. The largest absolute Gasteiger partial charge is 0.508 e. The van der Waals surface area contributed by atoms with Gasteiger partial charge in [0.1, 0.15) is 5.75 Å². The van der Waals surface area contributed by atoms with E-state index in [0.29, 0.717) is 11.6 Å². The molecule has 0 aliphatic rings. The van der Waals surface area contributed by atoms with Crippen LogP contribution in [0.1, 0.15) is 11.1 Å². The number of hydrogen-bond donors (Lipinski definition) is 2. The molecule has 0 unspecified atom stereocenters. The number of rotatable bonds is 5. The predicted octanol–water partition coefficient (Wildman–Crippen LogP) is 2.77. The number of pyridine rings is 1. The van der Waals surface area contributed by atoms with Gasteiger partial charge in [0.2, 0.25) is 0 Å². The fraction of sp³-hybridized carbons (Fsp3) is 0.214. The zero-order chi connectivity index (χ0) is 12.8. The second-order valence-electron chi connectivity index (χ2n) is 4.02. The molecule has 0 atom stereocenters. The number of aromatic nitrogens is 1. The third kappa shape index (κ3) is 3.45. The average Bonchev–Trinajstić information content (AvgIpc) is 2.38. The molecule has 0 bridgehead atoms. The minimum absolute atomic E-state index is 0.235. The number of nitrogens with one attached hydrogen (secondary N) is 1. The summed E-state index contributed by atoms with van der Waals surface area (Å²) < 4.78 is 0. The summed E-state index contributed by atoms with van der Waals surface area (Å²) in [7, 11) is 0. The van der Waals surface area contributed by atoms with Gasteiger partial charge in [0.15, 0.2) is 0 Å². The van der Waals surface area contributed by atoms with Crippen LogP contribution in [0.2, 0.25) is 5.02 Å². The highest BCUT2D eigenvalue weighted by molar-refractivity contribution is 6.31. The summed E-state index contributed by atoms with van der Waals surface area (Å²) in [5.41, 5.74) is 1.98. The Morgan fingerprint density at radius 2 is 1.94 bits per heavy atom. The smallest absolute Gasteiger partial charge is 0.121 e. The highest BCUT2D eigenvalue weighted by atomic mass is 35.5. The van der Waals surface area contributed by atoms with Gasteiger partial charge >= 0.3 is 0 Å². The van der Waals surface area contributed by atoms with Gasteiger partial charge in [-0.2, -0.15) is 0 Å². The molecule has 0 saturated carbocycles. The van der Waals surface area contributed by atoms with E-state index >= 15 is 0 Å². The van der Waals surface area contributed by atoms with Crippen LogP contribution in [-0.4, -0.2) is 16.6 Å². The molecule has 2 aromatic rings. The Hall–Kier alpha value is -1.58. The molecule has 3 nitrogen and oxygen atoms in total. The third-order valence-corrected chi connectivity index (χ3v) is 3.09. The molecule has 1 aromatic carbocycles. The molecule has 4 heteroatoms. The first-order valence-electron chi connectivity index (χ1n) is 5.83. The first-order valence-corrected chi connectivity index (χ1v) is 6.21. The van der Waals surface area contributed by atoms with Crippen LogP contribution in [0.4, 0.5) is 0 Å². The Kier molecular flexibility index (Phi) is 4.56. The topological polar surface area (TPSA) is 45.1 Å². The van der Waals surface area contributed by atoms with Gasteiger partial charge in [0.25, 0.3) is 0 Å². The summed E-state index contributed by atoms with van der Waals surface area (Å²) in [4.78, 5) is 3.97. The summed E-state index contributed by atoms with van der Waals surface area (Å²) in [6, 6.07) is 9.15. The van der Waals surface area contributed by atoms with E-state index in [1.807, 2.05) is 12.1 Å². The number of benzene rings is 1. The Labute approximate surface area is 111 Å². The van der Waals surface area contributed by atoms with Crippen LogP contribution in [0.15, 0.2) is 42.7 Å². The van der Waals surface area contributed by atoms with Crippen molar-refractivity contribution in [2.75, 3.05) is 6.54 Å². The van der Waals surface area contributed by atoms with Gasteiger partial charge in [-0.3, -0.25) is 4.98 Å². The molecule has 0 amide bonds. The second kappa shape index (κ2) is 6.38. The van der Waals surface area contributed by atoms with Crippen molar-refractivity contribution in [1.82, 2.24) is 10.3 Å². The number of hydrogen-bond acceptors (Lipinski definition) is 3. The van der Waals surface area contributed by atoms with Gasteiger partial charge in [-0.25, -0.2) is 0 Å². The molecular weight excluding hydrogens is 248 g/mol. The molecule has 94 valence electrons. The van der Waals surface area contributed by atoms with Crippen molar-refractivity contribution in [3.05, 3.63) is 58.9 Å². The minimum atomic E-state index is 0.235. The molecule has 0 saturated heterocycles. The molecule has 1 heterocycles. The SMILES string of the molecule is Oc1cccc(Cl)c1CNCCc1ccncc1. The van der Waals surface area contributed by atoms with Gasteiger partial charge in [0.05, 0.1) is 0 Å². The number of phenols is 1. The van der Waals surface area contributed by atoms with Crippen LogP contribution in [0, 0.1) is 0 Å². The van der Waals surface area contributed by atoms with E-state index in [9.17, 15) is 5.11 Å². The summed E-state index contributed by atoms with van der Waals surface area (Å²) in [5, 5.41) is 13.5. The summed E-state index contributed by atoms with van der Waals surface area (Å²) in [6.07, 6.45) is 4.50. The lowest BCUT2D eigenvalue weighted by Gasteiger charge is -2.08. The van der Waals surface area contributed by atoms with E-state index in [1.54, 1.807) is 30.6 Å². The van der Waals surface area contributed by atoms with Crippen LogP contribution in [0.25, 0.3) is 0 Å². The second-order valence-corrected chi connectivity index (χ2v) is 4.43. The zero-order valence-electron chi connectivity index (χ0n) is 9.94. The van der Waals surface area contributed by atoms with E-state index in [0.717, 1.165) is 18.5 Å². The monoisotopic (exact) mass is 262 g/mol.